The Hall–Kier alpha value is -2.28. The largest absolute Gasteiger partial charge is 0.399 e. The minimum Gasteiger partial charge on any atom is -0.399 e. The maximum Gasteiger partial charge on any atom is 0.295 e. The highest BCUT2D eigenvalue weighted by Gasteiger charge is 2.25. The maximum absolute atomic E-state index is 11.4. The van der Waals surface area contributed by atoms with Gasteiger partial charge in [0.15, 0.2) is 0 Å². The van der Waals surface area contributed by atoms with E-state index in [-0.39, 0.29) is 11.1 Å². The summed E-state index contributed by atoms with van der Waals surface area (Å²) in [4.78, 5) is 8.17. The third-order valence-electron chi connectivity index (χ3n) is 2.77. The number of nitro groups is 1. The normalized spacial score (nSPS) is 12.5. The number of rotatable bonds is 3. The Morgan fingerprint density at radius 3 is 1.82 bits per heavy atom. The second kappa shape index (κ2) is 4.88. The van der Waals surface area contributed by atoms with Gasteiger partial charge in [0.1, 0.15) is 9.79 Å². The molecule has 0 aromatic heterocycles. The van der Waals surface area contributed by atoms with Crippen molar-refractivity contribution < 1.29 is 30.9 Å². The van der Waals surface area contributed by atoms with E-state index in [1.807, 2.05) is 0 Å². The van der Waals surface area contributed by atoms with Crippen molar-refractivity contribution in [1.29, 1.82) is 0 Å². The number of hydrogen-bond acceptors (Lipinski definition) is 7. The van der Waals surface area contributed by atoms with Crippen LogP contribution in [0.25, 0.3) is 10.8 Å². The fourth-order valence-electron chi connectivity index (χ4n) is 1.93. The second-order valence-corrected chi connectivity index (χ2v) is 7.05. The highest BCUT2D eigenvalue weighted by molar-refractivity contribution is 7.86. The van der Waals surface area contributed by atoms with Crippen molar-refractivity contribution >= 4 is 42.4 Å². The van der Waals surface area contributed by atoms with E-state index in [4.69, 9.17) is 10.3 Å². The van der Waals surface area contributed by atoms with E-state index in [2.05, 4.69) is 0 Å². The number of anilines is 1. The number of hydrogen-bond donors (Lipinski definition) is 3. The average molecular weight is 348 g/mol. The number of benzene rings is 2. The van der Waals surface area contributed by atoms with Gasteiger partial charge < -0.3 is 5.73 Å². The predicted octanol–water partition coefficient (Wildman–Crippen LogP) is 0.824. The summed E-state index contributed by atoms with van der Waals surface area (Å²) in [5.74, 6) is 0. The maximum atomic E-state index is 11.4. The van der Waals surface area contributed by atoms with Gasteiger partial charge in [0, 0.05) is 28.6 Å². The molecule has 2 rings (SSSR count). The summed E-state index contributed by atoms with van der Waals surface area (Å²) >= 11 is 0. The zero-order chi connectivity index (χ0) is 16.9. The molecule has 0 heterocycles. The number of nitrogen functional groups attached to an aromatic ring is 1. The Morgan fingerprint density at radius 1 is 0.909 bits per heavy atom. The molecule has 118 valence electrons. The lowest BCUT2D eigenvalue weighted by atomic mass is 10.1. The van der Waals surface area contributed by atoms with Crippen molar-refractivity contribution in [2.45, 2.75) is 9.79 Å². The molecule has 0 radical (unpaired) electrons. The zero-order valence-electron chi connectivity index (χ0n) is 10.5. The van der Waals surface area contributed by atoms with Gasteiger partial charge in [-0.15, -0.1) is 0 Å². The van der Waals surface area contributed by atoms with Gasteiger partial charge in [-0.2, -0.15) is 16.8 Å². The van der Waals surface area contributed by atoms with E-state index in [0.29, 0.717) is 6.07 Å². The molecule has 0 aliphatic rings. The van der Waals surface area contributed by atoms with Crippen molar-refractivity contribution in [2.75, 3.05) is 5.73 Å². The molecule has 2 aromatic rings. The number of nitrogens with zero attached hydrogens (tertiary/aromatic N) is 1. The number of non-ortho nitro benzene ring substituents is 1. The van der Waals surface area contributed by atoms with Crippen LogP contribution in [0.4, 0.5) is 11.4 Å². The summed E-state index contributed by atoms with van der Waals surface area (Å²) in [6.45, 7) is 0. The standard InChI is InChI=1S/C10H8N2O8S2/c11-5-1-7-8(9(2-5)21(15,16)17)3-6(12(13)14)4-10(7)22(18,19)20/h1-4H,11H2,(H,15,16,17)(H,18,19,20). The van der Waals surface area contributed by atoms with E-state index in [1.54, 1.807) is 0 Å². The fraction of sp³-hybridized carbons (Fsp3) is 0. The molecule has 0 aliphatic carbocycles. The SMILES string of the molecule is Nc1cc(S(=O)(=O)O)c2cc([N+](=O)[O-])cc(S(=O)(=O)O)c2c1. The van der Waals surface area contributed by atoms with Crippen LogP contribution < -0.4 is 5.73 Å². The summed E-state index contributed by atoms with van der Waals surface area (Å²) in [6.07, 6.45) is 0. The van der Waals surface area contributed by atoms with Crippen LogP contribution in [0, 0.1) is 10.1 Å². The summed E-state index contributed by atoms with van der Waals surface area (Å²) in [6, 6.07) is 3.14. The van der Waals surface area contributed by atoms with Gasteiger partial charge >= 0.3 is 0 Å². The molecule has 0 unspecified atom stereocenters. The molecule has 12 heteroatoms. The highest BCUT2D eigenvalue weighted by Crippen LogP contribution is 2.34. The molecule has 0 saturated carbocycles. The van der Waals surface area contributed by atoms with Crippen LogP contribution >= 0.6 is 0 Å². The molecule has 0 aliphatic heterocycles. The summed E-state index contributed by atoms with van der Waals surface area (Å²) in [5.41, 5.74) is 4.44. The quantitative estimate of drug-likeness (QED) is 0.313. The molecular formula is C10H8N2O8S2. The van der Waals surface area contributed by atoms with Crippen LogP contribution in [0.15, 0.2) is 34.1 Å². The first kappa shape index (κ1) is 16.1. The summed E-state index contributed by atoms with van der Waals surface area (Å²) in [5, 5.41) is 10.0. The van der Waals surface area contributed by atoms with Crippen molar-refractivity contribution in [2.24, 2.45) is 0 Å². The molecule has 4 N–H and O–H groups in total. The van der Waals surface area contributed by atoms with Gasteiger partial charge in [0.05, 0.1) is 4.92 Å². The lowest BCUT2D eigenvalue weighted by molar-refractivity contribution is -0.384. The molecule has 0 atom stereocenters. The topological polar surface area (TPSA) is 178 Å². The van der Waals surface area contributed by atoms with Crippen LogP contribution in [-0.4, -0.2) is 30.9 Å². The monoisotopic (exact) mass is 348 g/mol. The molecular weight excluding hydrogens is 340 g/mol. The third-order valence-corrected chi connectivity index (χ3v) is 4.55. The van der Waals surface area contributed by atoms with Gasteiger partial charge in [-0.25, -0.2) is 0 Å². The van der Waals surface area contributed by atoms with Gasteiger partial charge in [-0.3, -0.25) is 19.2 Å². The van der Waals surface area contributed by atoms with Crippen molar-refractivity contribution in [3.8, 4) is 0 Å². The fourth-order valence-corrected chi connectivity index (χ4v) is 3.38. The molecule has 22 heavy (non-hydrogen) atoms. The number of nitro benzene ring substituents is 1. The minimum absolute atomic E-state index is 0.223. The lowest BCUT2D eigenvalue weighted by Gasteiger charge is -2.09. The average Bonchev–Trinajstić information content (AvgIpc) is 2.33. The van der Waals surface area contributed by atoms with Crippen molar-refractivity contribution in [3.63, 3.8) is 0 Å². The van der Waals surface area contributed by atoms with Gasteiger partial charge in [-0.05, 0) is 12.1 Å². The zero-order valence-corrected chi connectivity index (χ0v) is 12.1. The summed E-state index contributed by atoms with van der Waals surface area (Å²) < 4.78 is 63.8. The van der Waals surface area contributed by atoms with Crippen LogP contribution in [0.1, 0.15) is 0 Å². The second-order valence-electron chi connectivity index (χ2n) is 4.27. The van der Waals surface area contributed by atoms with Crippen LogP contribution in [-0.2, 0) is 20.2 Å². The highest BCUT2D eigenvalue weighted by atomic mass is 32.2. The van der Waals surface area contributed by atoms with Crippen LogP contribution in [0.5, 0.6) is 0 Å². The van der Waals surface area contributed by atoms with E-state index < -0.39 is 46.0 Å². The first-order valence-electron chi connectivity index (χ1n) is 5.38. The molecule has 2 aromatic carbocycles. The molecule has 0 fully saturated rings. The van der Waals surface area contributed by atoms with Crippen LogP contribution in [0.3, 0.4) is 0 Å². The smallest absolute Gasteiger partial charge is 0.295 e. The Bertz CT molecular complexity index is 1010. The van der Waals surface area contributed by atoms with Crippen LogP contribution in [0.2, 0.25) is 0 Å². The first-order valence-corrected chi connectivity index (χ1v) is 8.26. The lowest BCUT2D eigenvalue weighted by Crippen LogP contribution is -2.05. The van der Waals surface area contributed by atoms with E-state index in [1.165, 1.54) is 0 Å². The molecule has 10 nitrogen and oxygen atoms in total. The molecule has 0 amide bonds. The van der Waals surface area contributed by atoms with Crippen molar-refractivity contribution in [3.05, 3.63) is 34.4 Å². The number of fused-ring (bicyclic) bond motifs is 1. The Labute approximate surface area is 123 Å². The first-order chi connectivity index (χ1) is 9.91. The van der Waals surface area contributed by atoms with Crippen molar-refractivity contribution in [1.82, 2.24) is 0 Å². The molecule has 0 saturated heterocycles. The Balaban J connectivity index is 3.16. The number of nitrogens with two attached hydrogens (primary N) is 1. The molecule has 0 bridgehead atoms. The van der Waals surface area contributed by atoms with Gasteiger partial charge in [0.25, 0.3) is 25.9 Å². The van der Waals surface area contributed by atoms with E-state index >= 15 is 0 Å². The van der Waals surface area contributed by atoms with E-state index in [0.717, 1.165) is 18.2 Å². The van der Waals surface area contributed by atoms with Gasteiger partial charge in [0.2, 0.25) is 0 Å². The Morgan fingerprint density at radius 2 is 1.36 bits per heavy atom. The minimum atomic E-state index is -4.90. The van der Waals surface area contributed by atoms with Gasteiger partial charge in [-0.1, -0.05) is 0 Å². The predicted molar refractivity (Wildman–Crippen MR) is 74.6 cm³/mol. The Kier molecular flexibility index (Phi) is 3.57. The van der Waals surface area contributed by atoms with E-state index in [9.17, 15) is 31.5 Å². The summed E-state index contributed by atoms with van der Waals surface area (Å²) in [7, 11) is -9.74. The molecule has 0 spiro atoms. The third kappa shape index (κ3) is 2.85.